The molecule has 2 rings (SSSR count). The maximum absolute atomic E-state index is 12.4. The fourth-order valence-corrected chi connectivity index (χ4v) is 3.62. The van der Waals surface area contributed by atoms with Crippen LogP contribution >= 0.6 is 0 Å². The number of Topliss-reactive ketones (excluding diaryl/α,β-unsaturated/α-hetero) is 1. The molecule has 1 aromatic carbocycles. The molecule has 0 fully saturated rings. The lowest BCUT2D eigenvalue weighted by Gasteiger charge is -2.13. The number of ketones is 1. The first-order valence-corrected chi connectivity index (χ1v) is 14.8. The Morgan fingerprint density at radius 2 is 1.26 bits per heavy atom. The zero-order valence-electron chi connectivity index (χ0n) is 25.7. The summed E-state index contributed by atoms with van der Waals surface area (Å²) in [7, 11) is 0. The monoisotopic (exact) mass is 591 g/mol. The largest absolute Gasteiger partial charge is 0.377 e. The number of rotatable bonds is 25. The Labute approximate surface area is 250 Å². The quantitative estimate of drug-likeness (QED) is 0.174. The molecule has 0 aliphatic rings. The van der Waals surface area contributed by atoms with Gasteiger partial charge in [0, 0.05) is 24.2 Å². The van der Waals surface area contributed by atoms with Crippen LogP contribution in [0.15, 0.2) is 36.7 Å². The fraction of sp³-hybridized carbons (Fsp3) is 0.645. The Hall–Kier alpha value is -2.67. The molecule has 0 bridgehead atoms. The number of hydrogen-bond acceptors (Lipinski definition) is 9. The van der Waals surface area contributed by atoms with Crippen LogP contribution in [-0.4, -0.2) is 107 Å². The topological polar surface area (TPSA) is 119 Å². The average molecular weight is 592 g/mol. The summed E-state index contributed by atoms with van der Waals surface area (Å²) in [5.74, 6) is -0.0414. The van der Waals surface area contributed by atoms with Crippen molar-refractivity contribution in [1.29, 1.82) is 0 Å². The molecule has 1 amide bonds. The molecular formula is C31H49N3O8. The lowest BCUT2D eigenvalue weighted by molar-refractivity contribution is -0.127. The Kier molecular flexibility index (Phi) is 18.6. The molecule has 1 heterocycles. The molecular weight excluding hydrogens is 542 g/mol. The highest BCUT2D eigenvalue weighted by Gasteiger charge is 2.11. The second-order valence-corrected chi connectivity index (χ2v) is 9.97. The summed E-state index contributed by atoms with van der Waals surface area (Å²) in [4.78, 5) is 23.8. The first kappa shape index (κ1) is 35.5. The number of ether oxygens (including phenoxy) is 6. The maximum Gasteiger partial charge on any atom is 0.251 e. The zero-order chi connectivity index (χ0) is 30.4. The van der Waals surface area contributed by atoms with Crippen LogP contribution < -0.4 is 5.32 Å². The molecule has 1 unspecified atom stereocenters. The number of carbonyl (C=O) groups is 2. The van der Waals surface area contributed by atoms with Crippen molar-refractivity contribution in [1.82, 2.24) is 15.1 Å². The van der Waals surface area contributed by atoms with E-state index in [0.717, 1.165) is 12.0 Å². The van der Waals surface area contributed by atoms with Crippen LogP contribution in [0.4, 0.5) is 0 Å². The standard InChI is InChI=1S/C31H49N3O8/c1-5-27-22-33-34(23-27)26(4)28-6-8-29(9-7-28)31(36)32-10-11-37-12-13-38-14-15-39-16-17-40-18-19-41-20-21-42-24-30(35)25(2)3/h6-9,22-23,25-26H,5,10-21,24H2,1-4H3,(H,32,36). The maximum atomic E-state index is 12.4. The van der Waals surface area contributed by atoms with Gasteiger partial charge in [-0.3, -0.25) is 14.3 Å². The summed E-state index contributed by atoms with van der Waals surface area (Å²) in [5.41, 5.74) is 2.91. The van der Waals surface area contributed by atoms with E-state index in [9.17, 15) is 9.59 Å². The number of aryl methyl sites for hydroxylation is 1. The van der Waals surface area contributed by atoms with Crippen LogP contribution in [0.5, 0.6) is 0 Å². The van der Waals surface area contributed by atoms with E-state index in [1.54, 1.807) is 0 Å². The van der Waals surface area contributed by atoms with E-state index in [1.165, 1.54) is 5.56 Å². The van der Waals surface area contributed by atoms with Gasteiger partial charge in [-0.1, -0.05) is 32.9 Å². The molecule has 0 aliphatic carbocycles. The third kappa shape index (κ3) is 15.0. The molecule has 0 saturated carbocycles. The second-order valence-electron chi connectivity index (χ2n) is 9.97. The van der Waals surface area contributed by atoms with Crippen molar-refractivity contribution in [2.75, 3.05) is 85.8 Å². The normalized spacial score (nSPS) is 12.1. The van der Waals surface area contributed by atoms with E-state index >= 15 is 0 Å². The molecule has 11 nitrogen and oxygen atoms in total. The molecule has 1 N–H and O–H groups in total. The van der Waals surface area contributed by atoms with Gasteiger partial charge in [0.05, 0.1) is 84.9 Å². The first-order chi connectivity index (χ1) is 20.4. The summed E-state index contributed by atoms with van der Waals surface area (Å²) in [6, 6.07) is 7.70. The lowest BCUT2D eigenvalue weighted by Crippen LogP contribution is -2.27. The van der Waals surface area contributed by atoms with Crippen LogP contribution in [0.3, 0.4) is 0 Å². The van der Waals surface area contributed by atoms with Crippen molar-refractivity contribution in [2.45, 2.75) is 40.2 Å². The first-order valence-electron chi connectivity index (χ1n) is 14.8. The van der Waals surface area contributed by atoms with Crippen LogP contribution in [0, 0.1) is 5.92 Å². The molecule has 1 aromatic heterocycles. The van der Waals surface area contributed by atoms with Gasteiger partial charge in [-0.05, 0) is 36.6 Å². The van der Waals surface area contributed by atoms with Crippen molar-refractivity contribution in [3.05, 3.63) is 53.3 Å². The molecule has 0 radical (unpaired) electrons. The summed E-state index contributed by atoms with van der Waals surface area (Å²) in [6.07, 6.45) is 4.90. The van der Waals surface area contributed by atoms with E-state index in [-0.39, 0.29) is 30.3 Å². The van der Waals surface area contributed by atoms with Crippen LogP contribution in [0.1, 0.15) is 55.2 Å². The minimum absolute atomic E-state index is 0.00605. The highest BCUT2D eigenvalue weighted by molar-refractivity contribution is 5.94. The van der Waals surface area contributed by atoms with Gasteiger partial charge in [0.1, 0.15) is 6.61 Å². The third-order valence-electron chi connectivity index (χ3n) is 6.40. The van der Waals surface area contributed by atoms with E-state index < -0.39 is 0 Å². The highest BCUT2D eigenvalue weighted by Crippen LogP contribution is 2.18. The number of carbonyl (C=O) groups excluding carboxylic acids is 2. The zero-order valence-corrected chi connectivity index (χ0v) is 25.7. The number of benzene rings is 1. The number of nitrogens with zero attached hydrogens (tertiary/aromatic N) is 2. The number of nitrogens with one attached hydrogen (secondary N) is 1. The predicted molar refractivity (Wildman–Crippen MR) is 159 cm³/mol. The van der Waals surface area contributed by atoms with Crippen molar-refractivity contribution in [2.24, 2.45) is 5.92 Å². The van der Waals surface area contributed by atoms with E-state index in [2.05, 4.69) is 30.5 Å². The van der Waals surface area contributed by atoms with Gasteiger partial charge in [0.25, 0.3) is 5.91 Å². The molecule has 11 heteroatoms. The minimum atomic E-state index is -0.129. The SMILES string of the molecule is CCc1cnn(C(C)c2ccc(C(=O)NCCOCCOCCOCCOCCOCCOCC(=O)C(C)C)cc2)c1. The summed E-state index contributed by atoms with van der Waals surface area (Å²) in [6.45, 7) is 13.4. The van der Waals surface area contributed by atoms with E-state index in [4.69, 9.17) is 28.4 Å². The molecule has 0 aliphatic heterocycles. The van der Waals surface area contributed by atoms with Gasteiger partial charge in [-0.2, -0.15) is 5.10 Å². The van der Waals surface area contributed by atoms with Crippen molar-refractivity contribution in [3.8, 4) is 0 Å². The third-order valence-corrected chi connectivity index (χ3v) is 6.40. The van der Waals surface area contributed by atoms with Crippen molar-refractivity contribution >= 4 is 11.7 Å². The molecule has 1 atom stereocenters. The Balaban J connectivity index is 1.35. The van der Waals surface area contributed by atoms with Gasteiger partial charge in [-0.15, -0.1) is 0 Å². The predicted octanol–water partition coefficient (Wildman–Crippen LogP) is 3.11. The molecule has 0 spiro atoms. The summed E-state index contributed by atoms with van der Waals surface area (Å²) >= 11 is 0. The van der Waals surface area contributed by atoms with Gasteiger partial charge in [0.2, 0.25) is 0 Å². The number of aromatic nitrogens is 2. The number of amides is 1. The summed E-state index contributed by atoms with van der Waals surface area (Å²) < 4.78 is 34.5. The van der Waals surface area contributed by atoms with Gasteiger partial charge in [-0.25, -0.2) is 0 Å². The second kappa shape index (κ2) is 21.9. The van der Waals surface area contributed by atoms with E-state index in [1.807, 2.05) is 49.0 Å². The molecule has 236 valence electrons. The molecule has 42 heavy (non-hydrogen) atoms. The van der Waals surface area contributed by atoms with Crippen LogP contribution in [-0.2, 0) is 39.6 Å². The van der Waals surface area contributed by atoms with Crippen LogP contribution in [0.25, 0.3) is 0 Å². The Bertz CT molecular complexity index is 996. The highest BCUT2D eigenvalue weighted by atomic mass is 16.6. The molecule has 2 aromatic rings. The smallest absolute Gasteiger partial charge is 0.251 e. The lowest BCUT2D eigenvalue weighted by atomic mass is 10.1. The number of hydrogen-bond donors (Lipinski definition) is 1. The van der Waals surface area contributed by atoms with Gasteiger partial charge >= 0.3 is 0 Å². The van der Waals surface area contributed by atoms with E-state index in [0.29, 0.717) is 84.8 Å². The van der Waals surface area contributed by atoms with Crippen LogP contribution in [0.2, 0.25) is 0 Å². The summed E-state index contributed by atoms with van der Waals surface area (Å²) in [5, 5.41) is 7.30. The fourth-order valence-electron chi connectivity index (χ4n) is 3.62. The molecule has 0 saturated heterocycles. The Morgan fingerprint density at radius 1 is 0.762 bits per heavy atom. The Morgan fingerprint density at radius 3 is 1.74 bits per heavy atom. The van der Waals surface area contributed by atoms with Crippen molar-refractivity contribution < 1.29 is 38.0 Å². The van der Waals surface area contributed by atoms with Gasteiger partial charge in [0.15, 0.2) is 5.78 Å². The minimum Gasteiger partial charge on any atom is -0.377 e. The van der Waals surface area contributed by atoms with Gasteiger partial charge < -0.3 is 33.7 Å². The average Bonchev–Trinajstić information content (AvgIpc) is 3.49. The van der Waals surface area contributed by atoms with Crippen molar-refractivity contribution in [3.63, 3.8) is 0 Å².